The molecule has 0 spiro atoms. The van der Waals surface area contributed by atoms with Crippen LogP contribution in [-0.4, -0.2) is 56.2 Å². The number of piperidine rings is 1. The Bertz CT molecular complexity index is 1210. The van der Waals surface area contributed by atoms with E-state index in [-0.39, 0.29) is 11.9 Å². The molecule has 0 saturated carbocycles. The van der Waals surface area contributed by atoms with Crippen LogP contribution in [0.5, 0.6) is 0 Å². The summed E-state index contributed by atoms with van der Waals surface area (Å²) in [6.07, 6.45) is 10.6. The SMILES string of the molecule is CC(CN1CCCCC1)NC(=O)c1cc(-c2cccnc2)nc2c1cnn2Cc1ccco1. The Hall–Kier alpha value is -3.52. The van der Waals surface area contributed by atoms with E-state index >= 15 is 0 Å². The second kappa shape index (κ2) is 9.54. The van der Waals surface area contributed by atoms with Crippen molar-refractivity contribution in [2.45, 2.75) is 38.8 Å². The van der Waals surface area contributed by atoms with Crippen LogP contribution in [0.25, 0.3) is 22.3 Å². The zero-order valence-electron chi connectivity index (χ0n) is 18.8. The van der Waals surface area contributed by atoms with Gasteiger partial charge < -0.3 is 14.6 Å². The van der Waals surface area contributed by atoms with E-state index in [4.69, 9.17) is 9.40 Å². The summed E-state index contributed by atoms with van der Waals surface area (Å²) < 4.78 is 7.26. The molecular weight excluding hydrogens is 416 g/mol. The van der Waals surface area contributed by atoms with Crippen LogP contribution in [0, 0.1) is 0 Å². The molecule has 1 N–H and O–H groups in total. The third kappa shape index (κ3) is 4.80. The van der Waals surface area contributed by atoms with Crippen LogP contribution in [0.4, 0.5) is 0 Å². The van der Waals surface area contributed by atoms with Gasteiger partial charge in [-0.1, -0.05) is 6.42 Å². The molecular formula is C25H28N6O2. The second-order valence-electron chi connectivity index (χ2n) is 8.65. The van der Waals surface area contributed by atoms with Crippen molar-refractivity contribution in [2.75, 3.05) is 19.6 Å². The molecule has 1 amide bonds. The highest BCUT2D eigenvalue weighted by atomic mass is 16.3. The summed E-state index contributed by atoms with van der Waals surface area (Å²) in [5, 5.41) is 8.42. The molecule has 5 rings (SSSR count). The molecule has 0 bridgehead atoms. The Kier molecular flexibility index (Phi) is 6.17. The normalized spacial score (nSPS) is 15.5. The van der Waals surface area contributed by atoms with Gasteiger partial charge in [0.1, 0.15) is 12.3 Å². The highest BCUT2D eigenvalue weighted by molar-refractivity contribution is 6.06. The number of likely N-dealkylation sites (tertiary alicyclic amines) is 1. The molecule has 4 aromatic heterocycles. The lowest BCUT2D eigenvalue weighted by Gasteiger charge is -2.29. The average molecular weight is 445 g/mol. The summed E-state index contributed by atoms with van der Waals surface area (Å²) in [6.45, 7) is 5.56. The first-order valence-corrected chi connectivity index (χ1v) is 11.5. The van der Waals surface area contributed by atoms with E-state index in [1.165, 1.54) is 19.3 Å². The highest BCUT2D eigenvalue weighted by Crippen LogP contribution is 2.25. The number of aromatic nitrogens is 4. The zero-order chi connectivity index (χ0) is 22.6. The number of nitrogens with one attached hydrogen (secondary N) is 1. The topological polar surface area (TPSA) is 89.1 Å². The molecule has 170 valence electrons. The molecule has 0 aromatic carbocycles. The van der Waals surface area contributed by atoms with Gasteiger partial charge in [0.2, 0.25) is 0 Å². The molecule has 5 heterocycles. The van der Waals surface area contributed by atoms with E-state index in [1.54, 1.807) is 29.5 Å². The van der Waals surface area contributed by atoms with Crippen molar-refractivity contribution in [1.82, 2.24) is 30.0 Å². The molecule has 1 aliphatic heterocycles. The number of rotatable bonds is 7. The summed E-state index contributed by atoms with van der Waals surface area (Å²) in [7, 11) is 0. The maximum Gasteiger partial charge on any atom is 0.252 e. The number of furan rings is 1. The Morgan fingerprint density at radius 3 is 2.82 bits per heavy atom. The summed E-state index contributed by atoms with van der Waals surface area (Å²) in [6, 6.07) is 9.42. The van der Waals surface area contributed by atoms with E-state index in [0.29, 0.717) is 23.4 Å². The molecule has 33 heavy (non-hydrogen) atoms. The molecule has 1 aliphatic rings. The standard InChI is InChI=1S/C25H28N6O2/c1-18(16-30-10-3-2-4-11-30)28-25(32)21-13-23(19-7-5-9-26-14-19)29-24-22(21)15-27-31(24)17-20-8-6-12-33-20/h5-9,12-15,18H,2-4,10-11,16-17H2,1H3,(H,28,32). The van der Waals surface area contributed by atoms with Crippen molar-refractivity contribution >= 4 is 16.9 Å². The number of amides is 1. The van der Waals surface area contributed by atoms with Crippen molar-refractivity contribution < 1.29 is 9.21 Å². The van der Waals surface area contributed by atoms with Gasteiger partial charge in [-0.3, -0.25) is 9.78 Å². The molecule has 4 aromatic rings. The van der Waals surface area contributed by atoms with E-state index in [1.807, 2.05) is 30.3 Å². The molecule has 0 radical (unpaired) electrons. The van der Waals surface area contributed by atoms with Gasteiger partial charge in [0.05, 0.1) is 29.1 Å². The molecule has 8 nitrogen and oxygen atoms in total. The first kappa shape index (κ1) is 21.3. The third-order valence-electron chi connectivity index (χ3n) is 6.06. The minimum atomic E-state index is -0.116. The number of hydrogen-bond acceptors (Lipinski definition) is 6. The lowest BCUT2D eigenvalue weighted by Crippen LogP contribution is -2.43. The van der Waals surface area contributed by atoms with Crippen molar-refractivity contribution in [3.63, 3.8) is 0 Å². The first-order valence-electron chi connectivity index (χ1n) is 11.5. The number of pyridine rings is 2. The molecule has 1 saturated heterocycles. The van der Waals surface area contributed by atoms with Gasteiger partial charge in [-0.2, -0.15) is 5.10 Å². The minimum absolute atomic E-state index is 0.0406. The van der Waals surface area contributed by atoms with Crippen LogP contribution in [0.3, 0.4) is 0 Å². The largest absolute Gasteiger partial charge is 0.467 e. The second-order valence-corrected chi connectivity index (χ2v) is 8.65. The molecule has 1 fully saturated rings. The van der Waals surface area contributed by atoms with Gasteiger partial charge in [-0.25, -0.2) is 9.67 Å². The van der Waals surface area contributed by atoms with Gasteiger partial charge in [-0.15, -0.1) is 0 Å². The van der Waals surface area contributed by atoms with Gasteiger partial charge in [0.15, 0.2) is 5.65 Å². The van der Waals surface area contributed by atoms with E-state index < -0.39 is 0 Å². The van der Waals surface area contributed by atoms with Crippen molar-refractivity contribution in [2.24, 2.45) is 0 Å². The fourth-order valence-corrected chi connectivity index (χ4v) is 4.44. The lowest BCUT2D eigenvalue weighted by molar-refractivity contribution is 0.0927. The Balaban J connectivity index is 1.47. The zero-order valence-corrected chi connectivity index (χ0v) is 18.8. The van der Waals surface area contributed by atoms with Crippen molar-refractivity contribution in [1.29, 1.82) is 0 Å². The van der Waals surface area contributed by atoms with Crippen molar-refractivity contribution in [3.8, 4) is 11.3 Å². The number of hydrogen-bond donors (Lipinski definition) is 1. The highest BCUT2D eigenvalue weighted by Gasteiger charge is 2.21. The fraction of sp³-hybridized carbons (Fsp3) is 0.360. The van der Waals surface area contributed by atoms with Gasteiger partial charge >= 0.3 is 0 Å². The van der Waals surface area contributed by atoms with E-state index in [0.717, 1.165) is 36.3 Å². The summed E-state index contributed by atoms with van der Waals surface area (Å²) in [4.78, 5) is 24.9. The van der Waals surface area contributed by atoms with Crippen LogP contribution >= 0.6 is 0 Å². The number of nitrogens with zero attached hydrogens (tertiary/aromatic N) is 5. The van der Waals surface area contributed by atoms with Crippen LogP contribution in [0.1, 0.15) is 42.3 Å². The summed E-state index contributed by atoms with van der Waals surface area (Å²) in [5.41, 5.74) is 2.74. The Morgan fingerprint density at radius 1 is 1.18 bits per heavy atom. The monoisotopic (exact) mass is 444 g/mol. The maximum absolute atomic E-state index is 13.4. The minimum Gasteiger partial charge on any atom is -0.467 e. The Morgan fingerprint density at radius 2 is 2.06 bits per heavy atom. The first-order chi connectivity index (χ1) is 16.2. The predicted octanol–water partition coefficient (Wildman–Crippen LogP) is 3.74. The van der Waals surface area contributed by atoms with Crippen LogP contribution in [0.2, 0.25) is 0 Å². The molecule has 0 aliphatic carbocycles. The van der Waals surface area contributed by atoms with Crippen LogP contribution in [-0.2, 0) is 6.54 Å². The number of fused-ring (bicyclic) bond motifs is 1. The molecule has 1 unspecified atom stereocenters. The van der Waals surface area contributed by atoms with E-state index in [2.05, 4.69) is 27.2 Å². The van der Waals surface area contributed by atoms with Crippen LogP contribution in [0.15, 0.2) is 59.6 Å². The van der Waals surface area contributed by atoms with E-state index in [9.17, 15) is 4.79 Å². The predicted molar refractivity (Wildman–Crippen MR) is 126 cm³/mol. The van der Waals surface area contributed by atoms with Gasteiger partial charge in [0, 0.05) is 30.5 Å². The van der Waals surface area contributed by atoms with Gasteiger partial charge in [-0.05, 0) is 63.2 Å². The smallest absolute Gasteiger partial charge is 0.252 e. The Labute approximate surface area is 192 Å². The van der Waals surface area contributed by atoms with Crippen molar-refractivity contribution in [3.05, 3.63) is 66.5 Å². The third-order valence-corrected chi connectivity index (χ3v) is 6.06. The molecule has 8 heteroatoms. The summed E-state index contributed by atoms with van der Waals surface area (Å²) in [5.74, 6) is 0.657. The fourth-order valence-electron chi connectivity index (χ4n) is 4.44. The number of carbonyl (C=O) groups is 1. The average Bonchev–Trinajstić information content (AvgIpc) is 3.50. The summed E-state index contributed by atoms with van der Waals surface area (Å²) >= 11 is 0. The lowest BCUT2D eigenvalue weighted by atomic mass is 10.1. The number of carbonyl (C=O) groups excluding carboxylic acids is 1. The quantitative estimate of drug-likeness (QED) is 0.467. The maximum atomic E-state index is 13.4. The van der Waals surface area contributed by atoms with Crippen LogP contribution < -0.4 is 5.32 Å². The molecule has 1 atom stereocenters. The van der Waals surface area contributed by atoms with Gasteiger partial charge in [0.25, 0.3) is 5.91 Å².